The number of rotatable bonds is 5. The fourth-order valence-corrected chi connectivity index (χ4v) is 2.87. The summed E-state index contributed by atoms with van der Waals surface area (Å²) in [5.74, 6) is -1.48. The van der Waals surface area contributed by atoms with Gasteiger partial charge in [-0.05, 0) is 39.9 Å². The molecule has 0 aliphatic rings. The minimum Gasteiger partial charge on any atom is -0.504 e. The third kappa shape index (κ3) is 3.23. The van der Waals surface area contributed by atoms with Crippen LogP contribution >= 0.6 is 32.2 Å². The van der Waals surface area contributed by atoms with Crippen molar-refractivity contribution in [2.75, 3.05) is 0 Å². The molecule has 0 fully saturated rings. The number of benzene rings is 1. The Morgan fingerprint density at radius 2 is 1.63 bits per heavy atom. The third-order valence-electron chi connectivity index (χ3n) is 2.87. The van der Waals surface area contributed by atoms with E-state index < -0.39 is 11.7 Å². The zero-order chi connectivity index (χ0) is 14.6. The van der Waals surface area contributed by atoms with E-state index in [4.69, 9.17) is 0 Å². The van der Waals surface area contributed by atoms with Gasteiger partial charge in [0.15, 0.2) is 27.8 Å². The Labute approximate surface area is 129 Å². The van der Waals surface area contributed by atoms with Gasteiger partial charge < -0.3 is 14.0 Å². The van der Waals surface area contributed by atoms with E-state index in [0.717, 1.165) is 24.0 Å². The highest BCUT2D eigenvalue weighted by atomic mass is 79.9. The Kier molecular flexibility index (Phi) is 6.13. The van der Waals surface area contributed by atoms with Crippen molar-refractivity contribution < 1.29 is 18.8 Å². The summed E-state index contributed by atoms with van der Waals surface area (Å²) in [7, 11) is 0. The average molecular weight is 396 g/mol. The summed E-state index contributed by atoms with van der Waals surface area (Å²) in [5, 5.41) is 19.9. The fourth-order valence-electron chi connectivity index (χ4n) is 2.09. The molecule has 19 heavy (non-hydrogen) atoms. The van der Waals surface area contributed by atoms with Gasteiger partial charge in [0, 0.05) is 0 Å². The molecule has 0 unspecified atom stereocenters. The molecule has 1 aromatic rings. The second kappa shape index (κ2) is 7.14. The predicted molar refractivity (Wildman–Crippen MR) is 79.8 cm³/mol. The zero-order valence-corrected chi connectivity index (χ0v) is 14.0. The molecule has 0 saturated carbocycles. The normalized spacial score (nSPS) is 10.5. The Bertz CT molecular complexity index is 486. The Balaban J connectivity index is 3.62. The summed E-state index contributed by atoms with van der Waals surface area (Å²) < 4.78 is 4.97. The van der Waals surface area contributed by atoms with Gasteiger partial charge in [-0.3, -0.25) is 0 Å². The monoisotopic (exact) mass is 394 g/mol. The second-order valence-corrected chi connectivity index (χ2v) is 5.32. The number of halogens is 2. The van der Waals surface area contributed by atoms with Crippen molar-refractivity contribution >= 4 is 38.2 Å². The van der Waals surface area contributed by atoms with Crippen LogP contribution in [0, 0.1) is 0 Å². The van der Waals surface area contributed by atoms with Gasteiger partial charge in [0.25, 0.3) is 0 Å². The summed E-state index contributed by atoms with van der Waals surface area (Å²) in [4.78, 5) is 11.8. The summed E-state index contributed by atoms with van der Waals surface area (Å²) >= 11 is 5.91. The molecule has 0 aliphatic carbocycles. The molecule has 0 amide bonds. The summed E-state index contributed by atoms with van der Waals surface area (Å²) in [6, 6.07) is 0. The molecular weight excluding hydrogens is 380 g/mol. The van der Waals surface area contributed by atoms with Gasteiger partial charge >= 0.3 is 5.97 Å². The molecular formula is C13H16Br2O4. The summed E-state index contributed by atoms with van der Waals surface area (Å²) in [6.45, 7) is 3.99. The predicted octanol–water partition coefficient (Wildman–Crippen LogP) is 4.23. The van der Waals surface area contributed by atoms with Gasteiger partial charge in [-0.1, -0.05) is 26.7 Å². The van der Waals surface area contributed by atoms with E-state index in [-0.39, 0.29) is 11.3 Å². The number of phenols is 2. The lowest BCUT2D eigenvalue weighted by Crippen LogP contribution is -2.08. The first-order valence-corrected chi connectivity index (χ1v) is 7.51. The Morgan fingerprint density at radius 1 is 1.11 bits per heavy atom. The molecule has 106 valence electrons. The largest absolute Gasteiger partial charge is 0.504 e. The standard InChI is InChI=1S/C13H16Br2O4/c1-3-5-7-8(6-4-2)10(14)12(17)11(16)9(7)13(18)19-15/h16-17H,3-6H2,1-2H3. The van der Waals surface area contributed by atoms with Gasteiger partial charge in [-0.2, -0.15) is 0 Å². The van der Waals surface area contributed by atoms with E-state index in [1.807, 2.05) is 13.8 Å². The minimum atomic E-state index is -0.707. The van der Waals surface area contributed by atoms with E-state index in [1.165, 1.54) is 0 Å². The van der Waals surface area contributed by atoms with Crippen molar-refractivity contribution in [2.24, 2.45) is 0 Å². The van der Waals surface area contributed by atoms with Crippen molar-refractivity contribution in [1.82, 2.24) is 0 Å². The maximum atomic E-state index is 11.8. The first-order chi connectivity index (χ1) is 8.99. The molecule has 0 atom stereocenters. The lowest BCUT2D eigenvalue weighted by atomic mass is 9.93. The van der Waals surface area contributed by atoms with E-state index >= 15 is 0 Å². The lowest BCUT2D eigenvalue weighted by Gasteiger charge is -2.17. The first kappa shape index (κ1) is 16.3. The van der Waals surface area contributed by atoms with Gasteiger partial charge in [0.05, 0.1) is 4.47 Å². The van der Waals surface area contributed by atoms with Crippen LogP contribution < -0.4 is 0 Å². The van der Waals surface area contributed by atoms with Crippen molar-refractivity contribution in [2.45, 2.75) is 39.5 Å². The quantitative estimate of drug-likeness (QED) is 0.732. The molecule has 0 radical (unpaired) electrons. The van der Waals surface area contributed by atoms with Crippen LogP contribution in [-0.4, -0.2) is 16.2 Å². The molecule has 1 rings (SSSR count). The number of phenolic OH excluding ortho intramolecular Hbond substituents is 2. The van der Waals surface area contributed by atoms with Crippen LogP contribution in [0.2, 0.25) is 0 Å². The Morgan fingerprint density at radius 3 is 2.11 bits per heavy atom. The maximum absolute atomic E-state index is 11.8. The molecule has 0 heterocycles. The topological polar surface area (TPSA) is 66.8 Å². The number of hydrogen-bond donors (Lipinski definition) is 2. The van der Waals surface area contributed by atoms with Crippen molar-refractivity contribution in [3.8, 4) is 11.5 Å². The molecule has 1 aromatic carbocycles. The molecule has 4 nitrogen and oxygen atoms in total. The van der Waals surface area contributed by atoms with Crippen LogP contribution in [0.4, 0.5) is 0 Å². The molecule has 0 saturated heterocycles. The summed E-state index contributed by atoms with van der Waals surface area (Å²) in [5.41, 5.74) is 1.59. The minimum absolute atomic E-state index is 0.0304. The third-order valence-corrected chi connectivity index (χ3v) is 4.02. The number of aromatic hydroxyl groups is 2. The highest BCUT2D eigenvalue weighted by Crippen LogP contribution is 2.43. The van der Waals surface area contributed by atoms with Crippen molar-refractivity contribution in [3.05, 3.63) is 21.2 Å². The number of carbonyl (C=O) groups is 1. The van der Waals surface area contributed by atoms with Crippen LogP contribution in [0.1, 0.15) is 48.2 Å². The van der Waals surface area contributed by atoms with Crippen molar-refractivity contribution in [3.63, 3.8) is 0 Å². The van der Waals surface area contributed by atoms with E-state index in [1.54, 1.807) is 0 Å². The Hall–Kier alpha value is -0.750. The van der Waals surface area contributed by atoms with Crippen LogP contribution in [0.3, 0.4) is 0 Å². The fraction of sp³-hybridized carbons (Fsp3) is 0.462. The average Bonchev–Trinajstić information content (AvgIpc) is 2.40. The van der Waals surface area contributed by atoms with Gasteiger partial charge in [-0.25, -0.2) is 4.79 Å². The lowest BCUT2D eigenvalue weighted by molar-refractivity contribution is 0.0776. The number of hydrogen-bond acceptors (Lipinski definition) is 4. The van der Waals surface area contributed by atoms with Crippen molar-refractivity contribution in [1.29, 1.82) is 0 Å². The first-order valence-electron chi connectivity index (χ1n) is 6.07. The van der Waals surface area contributed by atoms with Crippen LogP contribution in [0.15, 0.2) is 4.47 Å². The van der Waals surface area contributed by atoms with Crippen LogP contribution in [0.5, 0.6) is 11.5 Å². The highest BCUT2D eigenvalue weighted by Gasteiger charge is 2.26. The molecule has 0 aromatic heterocycles. The van der Waals surface area contributed by atoms with E-state index in [2.05, 4.69) is 36.0 Å². The molecule has 0 bridgehead atoms. The maximum Gasteiger partial charge on any atom is 0.353 e. The molecule has 0 aliphatic heterocycles. The molecule has 2 N–H and O–H groups in total. The smallest absolute Gasteiger partial charge is 0.353 e. The summed E-state index contributed by atoms with van der Waals surface area (Å²) in [6.07, 6.45) is 3.00. The van der Waals surface area contributed by atoms with Crippen LogP contribution in [0.25, 0.3) is 0 Å². The SMILES string of the molecule is CCCc1c(Br)c(O)c(O)c(C(=O)OBr)c1CCC. The van der Waals surface area contributed by atoms with Gasteiger partial charge in [0.2, 0.25) is 0 Å². The highest BCUT2D eigenvalue weighted by molar-refractivity contribution is 9.10. The molecule has 0 spiro atoms. The zero-order valence-electron chi connectivity index (χ0n) is 10.8. The van der Waals surface area contributed by atoms with Gasteiger partial charge in [-0.15, -0.1) is 0 Å². The molecule has 6 heteroatoms. The number of carbonyl (C=O) groups excluding carboxylic acids is 1. The van der Waals surface area contributed by atoms with E-state index in [9.17, 15) is 15.0 Å². The van der Waals surface area contributed by atoms with Crippen LogP contribution in [-0.2, 0) is 16.7 Å². The van der Waals surface area contributed by atoms with E-state index in [0.29, 0.717) is 17.3 Å². The van der Waals surface area contributed by atoms with Gasteiger partial charge in [0.1, 0.15) is 5.56 Å². The second-order valence-electron chi connectivity index (χ2n) is 4.21.